The zero-order valence-electron chi connectivity index (χ0n) is 9.65. The number of hydrogen-bond acceptors (Lipinski definition) is 1. The number of hydrogen-bond donors (Lipinski definition) is 0. The van der Waals surface area contributed by atoms with E-state index in [2.05, 4.69) is 63.8 Å². The van der Waals surface area contributed by atoms with Crippen molar-refractivity contribution in [2.75, 3.05) is 13.1 Å². The van der Waals surface area contributed by atoms with Gasteiger partial charge in [0.1, 0.15) is 0 Å². The summed E-state index contributed by atoms with van der Waals surface area (Å²) in [6, 6.07) is 8.47. The molecule has 16 heavy (non-hydrogen) atoms. The fourth-order valence-electron chi connectivity index (χ4n) is 1.98. The van der Waals surface area contributed by atoms with Crippen LogP contribution in [0.4, 0.5) is 0 Å². The molecule has 2 heteroatoms. The van der Waals surface area contributed by atoms with Crippen LogP contribution in [0.1, 0.15) is 24.0 Å². The maximum absolute atomic E-state index is 3.16. The minimum absolute atomic E-state index is 1.19. The van der Waals surface area contributed by atoms with Crippen molar-refractivity contribution in [3.8, 4) is 0 Å². The first-order chi connectivity index (χ1) is 7.77. The molecule has 0 radical (unpaired) electrons. The molecule has 1 aromatic carbocycles. The number of rotatable bonds is 3. The molecular weight excluding hydrogens is 261 g/mol. The molecule has 1 aliphatic rings. The quantitative estimate of drug-likeness (QED) is 0.767. The van der Waals surface area contributed by atoms with Crippen molar-refractivity contribution < 1.29 is 0 Å². The number of benzene rings is 1. The molecule has 1 saturated heterocycles. The Balaban J connectivity index is 2.03. The molecule has 84 valence electrons. The van der Waals surface area contributed by atoms with E-state index in [0.29, 0.717) is 0 Å². The molecule has 1 heterocycles. The molecule has 0 aromatic heterocycles. The van der Waals surface area contributed by atoms with Crippen LogP contribution in [0.2, 0.25) is 0 Å². The Labute approximate surface area is 106 Å². The fourth-order valence-corrected chi connectivity index (χ4v) is 2.50. The van der Waals surface area contributed by atoms with Gasteiger partial charge in [-0.25, -0.2) is 0 Å². The second-order valence-corrected chi connectivity index (χ2v) is 5.10. The third-order valence-corrected chi connectivity index (χ3v) is 3.84. The first-order valence-electron chi connectivity index (χ1n) is 5.80. The van der Waals surface area contributed by atoms with Crippen molar-refractivity contribution in [1.29, 1.82) is 0 Å². The Bertz CT molecular complexity index is 403. The molecule has 1 fully saturated rings. The van der Waals surface area contributed by atoms with Crippen molar-refractivity contribution in [3.63, 3.8) is 0 Å². The maximum atomic E-state index is 3.16. The van der Waals surface area contributed by atoms with E-state index in [9.17, 15) is 0 Å². The van der Waals surface area contributed by atoms with Crippen molar-refractivity contribution in [2.24, 2.45) is 0 Å². The summed E-state index contributed by atoms with van der Waals surface area (Å²) in [6.45, 7) is 4.54. The van der Waals surface area contributed by atoms with Gasteiger partial charge in [-0.2, -0.15) is 0 Å². The standard InChI is InChI=1S/C14H17NSe/c1-12-6-2-3-7-13(12)8-9-14(16)15-10-4-5-11-15/h2-3,6-9H,4-5,10-11H2,1H3/b9-8+. The van der Waals surface area contributed by atoms with Crippen molar-refractivity contribution in [2.45, 2.75) is 19.8 Å². The van der Waals surface area contributed by atoms with Crippen molar-refractivity contribution >= 4 is 26.2 Å². The minimum atomic E-state index is 1.19. The number of likely N-dealkylation sites (tertiary alicyclic amines) is 1. The Morgan fingerprint density at radius 3 is 2.62 bits per heavy atom. The first kappa shape index (κ1) is 11.6. The third kappa shape index (κ3) is 2.84. The fraction of sp³-hybridized carbons (Fsp3) is 0.357. The van der Waals surface area contributed by atoms with Gasteiger partial charge in [-0.05, 0) is 0 Å². The topological polar surface area (TPSA) is 3.24 Å². The summed E-state index contributed by atoms with van der Waals surface area (Å²) < 4.78 is 1.26. The Morgan fingerprint density at radius 2 is 1.94 bits per heavy atom. The monoisotopic (exact) mass is 279 g/mol. The number of aryl methyl sites for hydroxylation is 1. The predicted octanol–water partition coefficient (Wildman–Crippen LogP) is 2.40. The molecule has 0 spiro atoms. The van der Waals surface area contributed by atoms with Gasteiger partial charge in [-0.15, -0.1) is 0 Å². The van der Waals surface area contributed by atoms with Gasteiger partial charge < -0.3 is 0 Å². The average Bonchev–Trinajstić information content (AvgIpc) is 2.81. The van der Waals surface area contributed by atoms with Gasteiger partial charge in [0.05, 0.1) is 0 Å². The summed E-state index contributed by atoms with van der Waals surface area (Å²) in [6.07, 6.45) is 7.03. The van der Waals surface area contributed by atoms with Gasteiger partial charge in [0, 0.05) is 0 Å². The molecule has 0 atom stereocenters. The van der Waals surface area contributed by atoms with E-state index in [1.54, 1.807) is 0 Å². The molecular formula is C14H17NSe. The second-order valence-electron chi connectivity index (χ2n) is 4.22. The van der Waals surface area contributed by atoms with E-state index in [4.69, 9.17) is 0 Å². The van der Waals surface area contributed by atoms with Crippen LogP contribution in [0.5, 0.6) is 0 Å². The van der Waals surface area contributed by atoms with Crippen LogP contribution >= 0.6 is 0 Å². The molecule has 0 N–H and O–H groups in total. The molecule has 0 saturated carbocycles. The molecule has 2 rings (SSSR count). The molecule has 1 aliphatic heterocycles. The van der Waals surface area contributed by atoms with Gasteiger partial charge >= 0.3 is 105 Å². The van der Waals surface area contributed by atoms with Crippen molar-refractivity contribution in [3.05, 3.63) is 41.5 Å². The van der Waals surface area contributed by atoms with Gasteiger partial charge in [-0.1, -0.05) is 0 Å². The molecule has 0 unspecified atom stereocenters. The Morgan fingerprint density at radius 1 is 1.25 bits per heavy atom. The first-order valence-corrected chi connectivity index (χ1v) is 6.65. The Hall–Kier alpha value is -0.851. The van der Waals surface area contributed by atoms with Gasteiger partial charge in [0.25, 0.3) is 0 Å². The summed E-state index contributed by atoms with van der Waals surface area (Å²) in [5.41, 5.74) is 2.63. The van der Waals surface area contributed by atoms with E-state index >= 15 is 0 Å². The van der Waals surface area contributed by atoms with Crippen LogP contribution in [0.3, 0.4) is 0 Å². The summed E-state index contributed by atoms with van der Waals surface area (Å²) >= 11 is 3.16. The zero-order chi connectivity index (χ0) is 11.4. The van der Waals surface area contributed by atoms with E-state index in [-0.39, 0.29) is 0 Å². The summed E-state index contributed by atoms with van der Waals surface area (Å²) in [4.78, 5) is 2.41. The van der Waals surface area contributed by atoms with Crippen LogP contribution in [0.15, 0.2) is 30.3 Å². The van der Waals surface area contributed by atoms with E-state index in [0.717, 1.165) is 0 Å². The zero-order valence-corrected chi connectivity index (χ0v) is 11.4. The summed E-state index contributed by atoms with van der Waals surface area (Å²) in [5, 5.41) is 0. The molecule has 0 bridgehead atoms. The number of nitrogens with zero attached hydrogens (tertiary/aromatic N) is 1. The predicted molar refractivity (Wildman–Crippen MR) is 71.8 cm³/mol. The summed E-state index contributed by atoms with van der Waals surface area (Å²) in [7, 11) is 0. The molecule has 1 nitrogen and oxygen atoms in total. The SMILES string of the molecule is Cc1ccccc1/C=C/C(=[Se])N1CCCC1. The van der Waals surface area contributed by atoms with Crippen molar-refractivity contribution in [1.82, 2.24) is 4.90 Å². The van der Waals surface area contributed by atoms with E-state index in [1.807, 2.05) is 0 Å². The van der Waals surface area contributed by atoms with Gasteiger partial charge in [-0.3, -0.25) is 0 Å². The molecule has 0 aliphatic carbocycles. The molecule has 0 amide bonds. The second kappa shape index (κ2) is 5.47. The van der Waals surface area contributed by atoms with Crippen LogP contribution in [0, 0.1) is 6.92 Å². The normalized spacial score (nSPS) is 15.9. The third-order valence-electron chi connectivity index (χ3n) is 3.01. The van der Waals surface area contributed by atoms with E-state index < -0.39 is 0 Å². The van der Waals surface area contributed by atoms with Crippen LogP contribution in [-0.4, -0.2) is 38.1 Å². The van der Waals surface area contributed by atoms with Gasteiger partial charge in [0.2, 0.25) is 0 Å². The van der Waals surface area contributed by atoms with Crippen LogP contribution in [0.25, 0.3) is 6.08 Å². The summed E-state index contributed by atoms with van der Waals surface area (Å²) in [5.74, 6) is 0. The Kier molecular flexibility index (Phi) is 3.98. The van der Waals surface area contributed by atoms with Gasteiger partial charge in [0.15, 0.2) is 0 Å². The van der Waals surface area contributed by atoms with E-state index in [1.165, 1.54) is 41.6 Å². The van der Waals surface area contributed by atoms with Crippen LogP contribution in [-0.2, 0) is 0 Å². The average molecular weight is 278 g/mol. The molecule has 1 aromatic rings. The van der Waals surface area contributed by atoms with Crippen LogP contribution < -0.4 is 0 Å².